The Morgan fingerprint density at radius 1 is 1.62 bits per heavy atom. The van der Waals surface area contributed by atoms with Crippen molar-refractivity contribution < 1.29 is 13.9 Å². The SMILES string of the molecule is CCOC(=O)C(NCCCN=[N+]=[N-])c1ccc(F)c(Cl)c1. The first-order valence-corrected chi connectivity index (χ1v) is 6.83. The van der Waals surface area contributed by atoms with E-state index >= 15 is 0 Å². The van der Waals surface area contributed by atoms with Crippen LogP contribution >= 0.6 is 11.6 Å². The summed E-state index contributed by atoms with van der Waals surface area (Å²) in [5.41, 5.74) is 8.70. The van der Waals surface area contributed by atoms with Gasteiger partial charge in [-0.15, -0.1) is 0 Å². The van der Waals surface area contributed by atoms with Crippen LogP contribution in [0.4, 0.5) is 4.39 Å². The van der Waals surface area contributed by atoms with Gasteiger partial charge in [-0.1, -0.05) is 22.8 Å². The van der Waals surface area contributed by atoms with Gasteiger partial charge in [0.15, 0.2) is 0 Å². The van der Waals surface area contributed by atoms with Gasteiger partial charge in [-0.25, -0.2) is 9.18 Å². The molecule has 1 unspecified atom stereocenters. The Kier molecular flexibility index (Phi) is 7.53. The Balaban J connectivity index is 2.78. The summed E-state index contributed by atoms with van der Waals surface area (Å²) in [6.45, 7) is 2.71. The van der Waals surface area contributed by atoms with Crippen molar-refractivity contribution in [3.8, 4) is 0 Å². The van der Waals surface area contributed by atoms with E-state index in [4.69, 9.17) is 21.9 Å². The summed E-state index contributed by atoms with van der Waals surface area (Å²) >= 11 is 5.73. The summed E-state index contributed by atoms with van der Waals surface area (Å²) < 4.78 is 18.2. The third-order valence-corrected chi connectivity index (χ3v) is 2.94. The molecule has 0 aliphatic carbocycles. The van der Waals surface area contributed by atoms with Crippen LogP contribution in [0.1, 0.15) is 24.9 Å². The van der Waals surface area contributed by atoms with E-state index in [0.717, 1.165) is 0 Å². The monoisotopic (exact) mass is 314 g/mol. The van der Waals surface area contributed by atoms with Gasteiger partial charge in [0, 0.05) is 11.5 Å². The molecule has 1 atom stereocenters. The molecule has 0 spiro atoms. The Morgan fingerprint density at radius 3 is 3.00 bits per heavy atom. The Hall–Kier alpha value is -1.82. The molecule has 114 valence electrons. The van der Waals surface area contributed by atoms with Gasteiger partial charge >= 0.3 is 5.97 Å². The van der Waals surface area contributed by atoms with E-state index in [1.165, 1.54) is 18.2 Å². The van der Waals surface area contributed by atoms with Gasteiger partial charge in [-0.05, 0) is 43.1 Å². The van der Waals surface area contributed by atoms with Crippen LogP contribution < -0.4 is 5.32 Å². The molecule has 0 fully saturated rings. The van der Waals surface area contributed by atoms with Crippen molar-refractivity contribution in [1.82, 2.24) is 5.32 Å². The van der Waals surface area contributed by atoms with E-state index in [1.807, 2.05) is 0 Å². The molecule has 21 heavy (non-hydrogen) atoms. The summed E-state index contributed by atoms with van der Waals surface area (Å²) in [4.78, 5) is 14.6. The van der Waals surface area contributed by atoms with Gasteiger partial charge in [0.1, 0.15) is 11.9 Å². The lowest BCUT2D eigenvalue weighted by atomic mass is 10.1. The smallest absolute Gasteiger partial charge is 0.327 e. The molecule has 1 aromatic carbocycles. The van der Waals surface area contributed by atoms with Crippen LogP contribution in [-0.4, -0.2) is 25.7 Å². The van der Waals surface area contributed by atoms with Crippen molar-refractivity contribution in [2.75, 3.05) is 19.7 Å². The van der Waals surface area contributed by atoms with Gasteiger partial charge < -0.3 is 10.1 Å². The average molecular weight is 315 g/mol. The number of hydrogen-bond donors (Lipinski definition) is 1. The molecule has 0 heterocycles. The van der Waals surface area contributed by atoms with Crippen molar-refractivity contribution in [2.45, 2.75) is 19.4 Å². The number of rotatable bonds is 8. The Bertz CT molecular complexity index is 535. The molecule has 6 nitrogen and oxygen atoms in total. The van der Waals surface area contributed by atoms with E-state index in [9.17, 15) is 9.18 Å². The molecular formula is C13H16ClFN4O2. The molecule has 0 saturated carbocycles. The normalized spacial score (nSPS) is 11.6. The van der Waals surface area contributed by atoms with Crippen molar-refractivity contribution in [1.29, 1.82) is 0 Å². The average Bonchev–Trinajstić information content (AvgIpc) is 2.46. The van der Waals surface area contributed by atoms with Crippen molar-refractivity contribution in [3.05, 3.63) is 45.0 Å². The fourth-order valence-corrected chi connectivity index (χ4v) is 1.88. The van der Waals surface area contributed by atoms with Gasteiger partial charge in [0.05, 0.1) is 11.6 Å². The molecule has 1 N–H and O–H groups in total. The zero-order valence-electron chi connectivity index (χ0n) is 11.6. The molecule has 0 radical (unpaired) electrons. The molecule has 0 amide bonds. The summed E-state index contributed by atoms with van der Waals surface area (Å²) in [7, 11) is 0. The van der Waals surface area contributed by atoms with Crippen molar-refractivity contribution >= 4 is 17.6 Å². The van der Waals surface area contributed by atoms with Crippen LogP contribution in [0.2, 0.25) is 5.02 Å². The van der Waals surface area contributed by atoms with Crippen LogP contribution in [0.3, 0.4) is 0 Å². The number of benzene rings is 1. The first-order chi connectivity index (χ1) is 10.1. The molecule has 0 bridgehead atoms. The zero-order valence-corrected chi connectivity index (χ0v) is 12.3. The number of halogens is 2. The molecular weight excluding hydrogens is 299 g/mol. The predicted octanol–water partition coefficient (Wildman–Crippen LogP) is 3.37. The third-order valence-electron chi connectivity index (χ3n) is 2.65. The molecule has 1 aromatic rings. The minimum Gasteiger partial charge on any atom is -0.465 e. The zero-order chi connectivity index (χ0) is 15.7. The Morgan fingerprint density at radius 2 is 2.38 bits per heavy atom. The number of nitrogens with zero attached hydrogens (tertiary/aromatic N) is 3. The fourth-order valence-electron chi connectivity index (χ4n) is 1.70. The lowest BCUT2D eigenvalue weighted by Crippen LogP contribution is -2.31. The minimum absolute atomic E-state index is 0.0577. The summed E-state index contributed by atoms with van der Waals surface area (Å²) in [6.07, 6.45) is 0.564. The second-order valence-electron chi connectivity index (χ2n) is 4.12. The molecule has 1 rings (SSSR count). The van der Waals surface area contributed by atoms with Crippen LogP contribution in [0.5, 0.6) is 0 Å². The number of esters is 1. The third kappa shape index (κ3) is 5.59. The standard InChI is InChI=1S/C13H16ClFN4O2/c1-2-21-13(20)12(17-6-3-7-18-19-16)9-4-5-11(15)10(14)8-9/h4-5,8,12,17H,2-3,6-7H2,1H3. The number of azide groups is 1. The number of carbonyl (C=O) groups is 1. The van der Waals surface area contributed by atoms with Gasteiger partial charge in [0.25, 0.3) is 0 Å². The highest BCUT2D eigenvalue weighted by Gasteiger charge is 2.22. The fraction of sp³-hybridized carbons (Fsp3) is 0.462. The van der Waals surface area contributed by atoms with E-state index in [0.29, 0.717) is 25.1 Å². The van der Waals surface area contributed by atoms with E-state index in [1.54, 1.807) is 6.92 Å². The molecule has 0 aliphatic rings. The highest BCUT2D eigenvalue weighted by Crippen LogP contribution is 2.22. The van der Waals surface area contributed by atoms with E-state index in [2.05, 4.69) is 15.3 Å². The van der Waals surface area contributed by atoms with Gasteiger partial charge in [-0.2, -0.15) is 0 Å². The van der Waals surface area contributed by atoms with Crippen LogP contribution in [0.15, 0.2) is 23.3 Å². The number of ether oxygens (including phenoxy) is 1. The number of nitrogens with one attached hydrogen (secondary N) is 1. The first kappa shape index (κ1) is 17.2. The number of carbonyl (C=O) groups excluding carboxylic acids is 1. The maximum absolute atomic E-state index is 13.2. The molecule has 0 aliphatic heterocycles. The number of hydrogen-bond acceptors (Lipinski definition) is 4. The molecule has 0 saturated heterocycles. The maximum Gasteiger partial charge on any atom is 0.327 e. The predicted molar refractivity (Wildman–Crippen MR) is 77.4 cm³/mol. The van der Waals surface area contributed by atoms with Crippen molar-refractivity contribution in [3.63, 3.8) is 0 Å². The summed E-state index contributed by atoms with van der Waals surface area (Å²) in [5.74, 6) is -1.02. The largest absolute Gasteiger partial charge is 0.465 e. The minimum atomic E-state index is -0.742. The van der Waals surface area contributed by atoms with Crippen molar-refractivity contribution in [2.24, 2.45) is 5.11 Å². The quantitative estimate of drug-likeness (QED) is 0.262. The van der Waals surface area contributed by atoms with E-state index < -0.39 is 17.8 Å². The molecule has 0 aromatic heterocycles. The van der Waals surface area contributed by atoms with E-state index in [-0.39, 0.29) is 11.6 Å². The van der Waals surface area contributed by atoms with Crippen LogP contribution in [0.25, 0.3) is 10.4 Å². The highest BCUT2D eigenvalue weighted by molar-refractivity contribution is 6.30. The molecule has 8 heteroatoms. The lowest BCUT2D eigenvalue weighted by Gasteiger charge is -2.17. The summed E-state index contributed by atoms with van der Waals surface area (Å²) in [6, 6.07) is 3.32. The lowest BCUT2D eigenvalue weighted by molar-refractivity contribution is -0.145. The second kappa shape index (κ2) is 9.18. The van der Waals surface area contributed by atoms with Gasteiger partial charge in [-0.3, -0.25) is 0 Å². The highest BCUT2D eigenvalue weighted by atomic mass is 35.5. The first-order valence-electron chi connectivity index (χ1n) is 6.46. The van der Waals surface area contributed by atoms with Crippen LogP contribution in [-0.2, 0) is 9.53 Å². The van der Waals surface area contributed by atoms with Crippen LogP contribution in [0, 0.1) is 5.82 Å². The maximum atomic E-state index is 13.2. The summed E-state index contributed by atoms with van der Waals surface area (Å²) in [5, 5.41) is 6.33. The Labute approximate surface area is 126 Å². The van der Waals surface area contributed by atoms with Gasteiger partial charge in [0.2, 0.25) is 0 Å². The topological polar surface area (TPSA) is 87.1 Å². The second-order valence-corrected chi connectivity index (χ2v) is 4.53.